The highest BCUT2D eigenvalue weighted by molar-refractivity contribution is 6.55. The molecule has 0 spiro atoms. The number of benzene rings is 2. The lowest BCUT2D eigenvalue weighted by Crippen LogP contribution is -1.97. The van der Waals surface area contributed by atoms with Crippen LogP contribution in [0.3, 0.4) is 0 Å². The van der Waals surface area contributed by atoms with Crippen LogP contribution in [-0.2, 0) is 4.79 Å². The van der Waals surface area contributed by atoms with Gasteiger partial charge < -0.3 is 14.8 Å². The minimum Gasteiger partial charge on any atom is -0.489 e. The number of rotatable bonds is 8. The first-order valence-electron chi connectivity index (χ1n) is 6.85. The Balaban J connectivity index is 1.90. The molecule has 0 unspecified atom stereocenters. The van der Waals surface area contributed by atoms with E-state index in [9.17, 15) is 4.79 Å². The van der Waals surface area contributed by atoms with Gasteiger partial charge in [0.1, 0.15) is 29.2 Å². The molecule has 0 bridgehead atoms. The largest absolute Gasteiger partial charge is 0.489 e. The summed E-state index contributed by atoms with van der Waals surface area (Å²) in [5, 5.41) is 3.25. The molecule has 120 valence electrons. The zero-order valence-electron chi connectivity index (χ0n) is 12.2. The number of carbonyl (C=O) groups is 1. The number of nitrogens with one attached hydrogen (secondary N) is 1. The third kappa shape index (κ3) is 6.22. The van der Waals surface area contributed by atoms with Gasteiger partial charge in [-0.3, -0.25) is 4.79 Å². The van der Waals surface area contributed by atoms with Crippen molar-refractivity contribution in [3.05, 3.63) is 59.1 Å². The van der Waals surface area contributed by atoms with Gasteiger partial charge in [-0.15, -0.1) is 0 Å². The molecule has 0 aliphatic carbocycles. The molecule has 6 heteroatoms. The van der Waals surface area contributed by atoms with Gasteiger partial charge in [-0.1, -0.05) is 23.2 Å². The third-order valence-corrected chi connectivity index (χ3v) is 3.11. The monoisotopic (exact) mass is 351 g/mol. The van der Waals surface area contributed by atoms with Gasteiger partial charge in [0.2, 0.25) is 0 Å². The van der Waals surface area contributed by atoms with Crippen molar-refractivity contribution in [1.82, 2.24) is 0 Å². The zero-order valence-corrected chi connectivity index (χ0v) is 13.7. The Morgan fingerprint density at radius 1 is 0.870 bits per heavy atom. The highest BCUT2D eigenvalue weighted by Crippen LogP contribution is 2.22. The quantitative estimate of drug-likeness (QED) is 0.700. The molecule has 0 heterocycles. The topological polar surface area (TPSA) is 47.6 Å². The smallest absolute Gasteiger partial charge is 0.157 e. The molecule has 0 fully saturated rings. The minimum absolute atomic E-state index is 0.0539. The second kappa shape index (κ2) is 9.08. The van der Waals surface area contributed by atoms with E-state index in [1.54, 1.807) is 18.2 Å². The van der Waals surface area contributed by atoms with E-state index in [4.69, 9.17) is 32.7 Å². The van der Waals surface area contributed by atoms with Crippen molar-refractivity contribution < 1.29 is 14.3 Å². The lowest BCUT2D eigenvalue weighted by Gasteiger charge is -2.09. The maximum Gasteiger partial charge on any atom is 0.157 e. The molecule has 2 aromatic rings. The number of halogens is 2. The molecule has 0 atom stereocenters. The number of carbonyl (C=O) groups excluding carboxylic acids is 1. The van der Waals surface area contributed by atoms with Crippen LogP contribution in [0, 0.1) is 0 Å². The standard InChI is InChI=1S/C17H15Cl2NO3/c18-17(19)9-11-22-15-5-1-13(2-6-15)20-14-3-7-16(8-4-14)23-12-10-21/h1-10,20H,11-12H2. The Morgan fingerprint density at radius 2 is 1.35 bits per heavy atom. The average molecular weight is 352 g/mol. The first kappa shape index (κ1) is 17.2. The summed E-state index contributed by atoms with van der Waals surface area (Å²) in [6, 6.07) is 14.8. The predicted octanol–water partition coefficient (Wildman–Crippen LogP) is 4.71. The van der Waals surface area contributed by atoms with Gasteiger partial charge in [0.05, 0.1) is 0 Å². The van der Waals surface area contributed by atoms with Crippen LogP contribution in [-0.4, -0.2) is 19.5 Å². The zero-order chi connectivity index (χ0) is 16.5. The van der Waals surface area contributed by atoms with Gasteiger partial charge in [-0.2, -0.15) is 0 Å². The molecule has 1 N–H and O–H groups in total. The molecular formula is C17H15Cl2NO3. The average Bonchev–Trinajstić information content (AvgIpc) is 2.55. The summed E-state index contributed by atoms with van der Waals surface area (Å²) in [7, 11) is 0. The Morgan fingerprint density at radius 3 is 1.78 bits per heavy atom. The molecule has 0 radical (unpaired) electrons. The number of hydrogen-bond acceptors (Lipinski definition) is 4. The van der Waals surface area contributed by atoms with E-state index in [-0.39, 0.29) is 11.1 Å². The van der Waals surface area contributed by atoms with E-state index in [1.165, 1.54) is 0 Å². The Labute approximate surface area is 144 Å². The highest BCUT2D eigenvalue weighted by atomic mass is 35.5. The Bertz CT molecular complexity index is 651. The SMILES string of the molecule is O=CCOc1ccc(Nc2ccc(OCC=C(Cl)Cl)cc2)cc1. The van der Waals surface area contributed by atoms with Crippen molar-refractivity contribution in [2.45, 2.75) is 0 Å². The van der Waals surface area contributed by atoms with Gasteiger partial charge >= 0.3 is 0 Å². The normalized spacial score (nSPS) is 9.83. The van der Waals surface area contributed by atoms with Crippen molar-refractivity contribution in [3.8, 4) is 11.5 Å². The first-order chi connectivity index (χ1) is 11.2. The van der Waals surface area contributed by atoms with Gasteiger partial charge in [0.15, 0.2) is 6.29 Å². The summed E-state index contributed by atoms with van der Waals surface area (Å²) < 4.78 is 10.8. The summed E-state index contributed by atoms with van der Waals surface area (Å²) >= 11 is 11.0. The van der Waals surface area contributed by atoms with E-state index >= 15 is 0 Å². The molecular weight excluding hydrogens is 337 g/mol. The van der Waals surface area contributed by atoms with Gasteiger partial charge in [0, 0.05) is 11.4 Å². The van der Waals surface area contributed by atoms with Gasteiger partial charge in [-0.05, 0) is 54.6 Å². The van der Waals surface area contributed by atoms with E-state index in [0.717, 1.165) is 17.1 Å². The first-order valence-corrected chi connectivity index (χ1v) is 7.60. The van der Waals surface area contributed by atoms with E-state index < -0.39 is 0 Å². The second-order valence-electron chi connectivity index (χ2n) is 4.46. The Kier molecular flexibility index (Phi) is 6.78. The van der Waals surface area contributed by atoms with Crippen LogP contribution in [0.25, 0.3) is 0 Å². The molecule has 0 aliphatic rings. The fraction of sp³-hybridized carbons (Fsp3) is 0.118. The maximum absolute atomic E-state index is 10.2. The van der Waals surface area contributed by atoms with Gasteiger partial charge in [0.25, 0.3) is 0 Å². The van der Waals surface area contributed by atoms with Crippen LogP contribution < -0.4 is 14.8 Å². The van der Waals surface area contributed by atoms with E-state index in [2.05, 4.69) is 5.32 Å². The molecule has 0 aromatic heterocycles. The highest BCUT2D eigenvalue weighted by Gasteiger charge is 1.98. The van der Waals surface area contributed by atoms with Crippen LogP contribution in [0.2, 0.25) is 0 Å². The fourth-order valence-electron chi connectivity index (χ4n) is 1.77. The van der Waals surface area contributed by atoms with Crippen molar-refractivity contribution in [2.75, 3.05) is 18.5 Å². The summed E-state index contributed by atoms with van der Waals surface area (Å²) in [5.74, 6) is 1.37. The van der Waals surface area contributed by atoms with Crippen LogP contribution in [0.1, 0.15) is 0 Å². The van der Waals surface area contributed by atoms with Crippen LogP contribution in [0.5, 0.6) is 11.5 Å². The maximum atomic E-state index is 10.2. The summed E-state index contributed by atoms with van der Waals surface area (Å²) in [6.07, 6.45) is 2.29. The lowest BCUT2D eigenvalue weighted by atomic mass is 10.2. The fourth-order valence-corrected chi connectivity index (χ4v) is 1.89. The Hall–Kier alpha value is -2.17. The number of ether oxygens (including phenoxy) is 2. The molecule has 23 heavy (non-hydrogen) atoms. The van der Waals surface area contributed by atoms with Crippen molar-refractivity contribution in [1.29, 1.82) is 0 Å². The van der Waals surface area contributed by atoms with Crippen LogP contribution >= 0.6 is 23.2 Å². The summed E-state index contributed by atoms with van der Waals surface area (Å²) in [4.78, 5) is 10.2. The van der Waals surface area contributed by atoms with Gasteiger partial charge in [-0.25, -0.2) is 0 Å². The molecule has 4 nitrogen and oxygen atoms in total. The molecule has 2 rings (SSSR count). The van der Waals surface area contributed by atoms with Crippen LogP contribution in [0.4, 0.5) is 11.4 Å². The molecule has 0 amide bonds. The summed E-state index contributed by atoms with van der Waals surface area (Å²) in [6.45, 7) is 0.371. The second-order valence-corrected chi connectivity index (χ2v) is 5.46. The van der Waals surface area contributed by atoms with Crippen molar-refractivity contribution in [3.63, 3.8) is 0 Å². The molecule has 0 saturated heterocycles. The van der Waals surface area contributed by atoms with Crippen LogP contribution in [0.15, 0.2) is 59.1 Å². The number of aldehydes is 1. The number of anilines is 2. The number of hydrogen-bond donors (Lipinski definition) is 1. The summed E-state index contributed by atoms with van der Waals surface area (Å²) in [5.41, 5.74) is 1.83. The lowest BCUT2D eigenvalue weighted by molar-refractivity contribution is -0.109. The van der Waals surface area contributed by atoms with E-state index in [1.807, 2.05) is 36.4 Å². The van der Waals surface area contributed by atoms with Crippen molar-refractivity contribution >= 4 is 40.9 Å². The minimum atomic E-state index is 0.0539. The predicted molar refractivity (Wildman–Crippen MR) is 93.0 cm³/mol. The molecule has 0 saturated carbocycles. The third-order valence-electron chi connectivity index (χ3n) is 2.80. The molecule has 0 aliphatic heterocycles. The van der Waals surface area contributed by atoms with E-state index in [0.29, 0.717) is 18.6 Å². The molecule has 2 aromatic carbocycles. The van der Waals surface area contributed by atoms with Crippen molar-refractivity contribution in [2.24, 2.45) is 0 Å².